The van der Waals surface area contributed by atoms with Crippen molar-refractivity contribution in [2.45, 2.75) is 26.9 Å². The molecule has 0 atom stereocenters. The predicted octanol–water partition coefficient (Wildman–Crippen LogP) is 3.73. The van der Waals surface area contributed by atoms with E-state index in [4.69, 9.17) is 14.6 Å². The van der Waals surface area contributed by atoms with Crippen molar-refractivity contribution in [3.63, 3.8) is 0 Å². The van der Waals surface area contributed by atoms with Crippen LogP contribution in [0.4, 0.5) is 0 Å². The fraction of sp³-hybridized carbons (Fsp3) is 0.357. The van der Waals surface area contributed by atoms with Crippen molar-refractivity contribution in [3.8, 4) is 11.5 Å². The third-order valence-corrected chi connectivity index (χ3v) is 2.82. The van der Waals surface area contributed by atoms with Gasteiger partial charge in [0.1, 0.15) is 0 Å². The van der Waals surface area contributed by atoms with Crippen LogP contribution in [0, 0.1) is 0 Å². The number of carboxylic acids is 1. The SMILES string of the molecule is CCOc1cc(C=CC(=O)O)c(Br)cc1OC(C)C. The standard InChI is InChI=1S/C14H17BrO4/c1-4-18-12-7-10(5-6-14(16)17)11(15)8-13(12)19-9(2)3/h5-9H,4H2,1-3H3,(H,16,17). The van der Waals surface area contributed by atoms with Gasteiger partial charge in [-0.15, -0.1) is 0 Å². The molecule has 0 heterocycles. The first-order chi connectivity index (χ1) is 8.93. The normalized spacial score (nSPS) is 11.0. The Labute approximate surface area is 121 Å². The average molecular weight is 329 g/mol. The Kier molecular flexibility index (Phi) is 5.89. The Hall–Kier alpha value is -1.49. The third-order valence-electron chi connectivity index (χ3n) is 2.13. The molecule has 0 amide bonds. The van der Waals surface area contributed by atoms with Gasteiger partial charge >= 0.3 is 5.97 Å². The lowest BCUT2D eigenvalue weighted by Gasteiger charge is -2.16. The number of rotatable bonds is 6. The summed E-state index contributed by atoms with van der Waals surface area (Å²) >= 11 is 3.39. The van der Waals surface area contributed by atoms with E-state index in [0.29, 0.717) is 18.1 Å². The van der Waals surface area contributed by atoms with Crippen LogP contribution < -0.4 is 9.47 Å². The van der Waals surface area contributed by atoms with Crippen molar-refractivity contribution < 1.29 is 19.4 Å². The first kappa shape index (κ1) is 15.6. The molecule has 1 aromatic carbocycles. The summed E-state index contributed by atoms with van der Waals surface area (Å²) < 4.78 is 11.9. The minimum absolute atomic E-state index is 0.0338. The molecule has 0 aliphatic heterocycles. The monoisotopic (exact) mass is 328 g/mol. The fourth-order valence-corrected chi connectivity index (χ4v) is 1.91. The van der Waals surface area contributed by atoms with Crippen molar-refractivity contribution in [2.75, 3.05) is 6.61 Å². The highest BCUT2D eigenvalue weighted by atomic mass is 79.9. The maximum Gasteiger partial charge on any atom is 0.328 e. The summed E-state index contributed by atoms with van der Waals surface area (Å²) in [5.74, 6) is 0.244. The molecule has 0 saturated heterocycles. The smallest absolute Gasteiger partial charge is 0.328 e. The number of hydrogen-bond acceptors (Lipinski definition) is 3. The number of carbonyl (C=O) groups is 1. The summed E-state index contributed by atoms with van der Waals surface area (Å²) in [6, 6.07) is 3.54. The van der Waals surface area contributed by atoms with E-state index >= 15 is 0 Å². The van der Waals surface area contributed by atoms with Crippen molar-refractivity contribution in [2.24, 2.45) is 0 Å². The van der Waals surface area contributed by atoms with E-state index < -0.39 is 5.97 Å². The van der Waals surface area contributed by atoms with Gasteiger partial charge in [-0.05, 0) is 44.5 Å². The number of hydrogen-bond donors (Lipinski definition) is 1. The molecule has 0 aromatic heterocycles. The van der Waals surface area contributed by atoms with Crippen molar-refractivity contribution in [3.05, 3.63) is 28.2 Å². The molecule has 0 bridgehead atoms. The topological polar surface area (TPSA) is 55.8 Å². The molecule has 0 aliphatic carbocycles. The lowest BCUT2D eigenvalue weighted by atomic mass is 10.2. The molecule has 0 radical (unpaired) electrons. The Morgan fingerprint density at radius 1 is 1.42 bits per heavy atom. The summed E-state index contributed by atoms with van der Waals surface area (Å²) in [5.41, 5.74) is 0.724. The first-order valence-electron chi connectivity index (χ1n) is 5.98. The van der Waals surface area contributed by atoms with Crippen molar-refractivity contribution in [1.82, 2.24) is 0 Å². The molecule has 5 heteroatoms. The van der Waals surface area contributed by atoms with Crippen LogP contribution >= 0.6 is 15.9 Å². The van der Waals surface area contributed by atoms with Gasteiger partial charge in [-0.2, -0.15) is 0 Å². The molecular weight excluding hydrogens is 312 g/mol. The number of halogens is 1. The average Bonchev–Trinajstić information content (AvgIpc) is 2.30. The molecule has 0 spiro atoms. The Morgan fingerprint density at radius 3 is 2.63 bits per heavy atom. The minimum Gasteiger partial charge on any atom is -0.490 e. The molecular formula is C14H17BrO4. The number of ether oxygens (including phenoxy) is 2. The first-order valence-corrected chi connectivity index (χ1v) is 6.77. The van der Waals surface area contributed by atoms with Crippen LogP contribution in [0.2, 0.25) is 0 Å². The molecule has 19 heavy (non-hydrogen) atoms. The van der Waals surface area contributed by atoms with Crippen molar-refractivity contribution in [1.29, 1.82) is 0 Å². The van der Waals surface area contributed by atoms with Gasteiger partial charge in [-0.25, -0.2) is 4.79 Å². The molecule has 1 N–H and O–H groups in total. The van der Waals surface area contributed by atoms with E-state index in [9.17, 15) is 4.79 Å². The van der Waals surface area contributed by atoms with Crippen LogP contribution in [0.5, 0.6) is 11.5 Å². The highest BCUT2D eigenvalue weighted by Gasteiger charge is 2.11. The summed E-state index contributed by atoms with van der Waals surface area (Å²) in [6.45, 7) is 6.26. The molecule has 0 saturated carbocycles. The van der Waals surface area contributed by atoms with Crippen molar-refractivity contribution >= 4 is 28.0 Å². The van der Waals surface area contributed by atoms with Crippen LogP contribution in [0.25, 0.3) is 6.08 Å². The second-order valence-corrected chi connectivity index (χ2v) is 4.95. The summed E-state index contributed by atoms with van der Waals surface area (Å²) in [5, 5.41) is 8.65. The Balaban J connectivity index is 3.15. The molecule has 0 aliphatic rings. The number of carboxylic acid groups (broad SMARTS) is 1. The largest absolute Gasteiger partial charge is 0.490 e. The quantitative estimate of drug-likeness (QED) is 0.808. The van der Waals surface area contributed by atoms with Gasteiger partial charge in [-0.1, -0.05) is 15.9 Å². The highest BCUT2D eigenvalue weighted by molar-refractivity contribution is 9.10. The van der Waals surface area contributed by atoms with E-state index in [1.807, 2.05) is 20.8 Å². The molecule has 1 aromatic rings. The second-order valence-electron chi connectivity index (χ2n) is 4.09. The zero-order valence-electron chi connectivity index (χ0n) is 11.1. The van der Waals surface area contributed by atoms with Crippen LogP contribution in [0.1, 0.15) is 26.3 Å². The van der Waals surface area contributed by atoms with Gasteiger partial charge in [0.15, 0.2) is 11.5 Å². The van der Waals surface area contributed by atoms with E-state index in [2.05, 4.69) is 15.9 Å². The van der Waals surface area contributed by atoms with Gasteiger partial charge in [0.05, 0.1) is 12.7 Å². The van der Waals surface area contributed by atoms with Crippen LogP contribution in [-0.2, 0) is 4.79 Å². The molecule has 1 rings (SSSR count). The lowest BCUT2D eigenvalue weighted by Crippen LogP contribution is -2.07. The predicted molar refractivity (Wildman–Crippen MR) is 77.7 cm³/mol. The van der Waals surface area contributed by atoms with Crippen LogP contribution in [-0.4, -0.2) is 23.8 Å². The molecule has 0 fully saturated rings. The third kappa shape index (κ3) is 4.95. The summed E-state index contributed by atoms with van der Waals surface area (Å²) in [4.78, 5) is 10.5. The van der Waals surface area contributed by atoms with Crippen LogP contribution in [0.3, 0.4) is 0 Å². The minimum atomic E-state index is -0.993. The van der Waals surface area contributed by atoms with Gasteiger partial charge in [-0.3, -0.25) is 0 Å². The summed E-state index contributed by atoms with van der Waals surface area (Å²) in [7, 11) is 0. The maximum atomic E-state index is 10.5. The zero-order valence-corrected chi connectivity index (χ0v) is 12.7. The van der Waals surface area contributed by atoms with Gasteiger partial charge in [0.2, 0.25) is 0 Å². The fourth-order valence-electron chi connectivity index (χ4n) is 1.45. The maximum absolute atomic E-state index is 10.5. The van der Waals surface area contributed by atoms with Gasteiger partial charge in [0.25, 0.3) is 0 Å². The number of aliphatic carboxylic acids is 1. The second kappa shape index (κ2) is 7.19. The van der Waals surface area contributed by atoms with Gasteiger partial charge in [0, 0.05) is 10.5 Å². The van der Waals surface area contributed by atoms with Gasteiger partial charge < -0.3 is 14.6 Å². The zero-order chi connectivity index (χ0) is 14.4. The molecule has 0 unspecified atom stereocenters. The number of benzene rings is 1. The molecule has 104 valence electrons. The van der Waals surface area contributed by atoms with E-state index in [1.54, 1.807) is 12.1 Å². The van der Waals surface area contributed by atoms with E-state index in [-0.39, 0.29) is 6.10 Å². The lowest BCUT2D eigenvalue weighted by molar-refractivity contribution is -0.131. The van der Waals surface area contributed by atoms with E-state index in [1.165, 1.54) is 6.08 Å². The summed E-state index contributed by atoms with van der Waals surface area (Å²) in [6.07, 6.45) is 2.62. The van der Waals surface area contributed by atoms with Crippen LogP contribution in [0.15, 0.2) is 22.7 Å². The Morgan fingerprint density at radius 2 is 2.11 bits per heavy atom. The Bertz CT molecular complexity index is 481. The van der Waals surface area contributed by atoms with E-state index in [0.717, 1.165) is 16.1 Å². The molecule has 4 nitrogen and oxygen atoms in total. The highest BCUT2D eigenvalue weighted by Crippen LogP contribution is 2.35.